The fraction of sp³-hybridized carbons (Fsp3) is 0.308. The summed E-state index contributed by atoms with van der Waals surface area (Å²) >= 11 is 5.86. The smallest absolute Gasteiger partial charge is 0.0890 e. The van der Waals surface area contributed by atoms with Crippen LogP contribution in [0.3, 0.4) is 0 Å². The molecule has 0 fully saturated rings. The maximum atomic E-state index is 5.77. The van der Waals surface area contributed by atoms with E-state index in [9.17, 15) is 0 Å². The summed E-state index contributed by atoms with van der Waals surface area (Å²) in [4.78, 5) is 0. The van der Waals surface area contributed by atoms with Crippen molar-refractivity contribution in [2.24, 2.45) is 5.84 Å². The first kappa shape index (κ1) is 15.0. The van der Waals surface area contributed by atoms with Crippen molar-refractivity contribution in [1.29, 1.82) is 0 Å². The molecule has 0 bridgehead atoms. The lowest BCUT2D eigenvalue weighted by atomic mass is 10.0. The predicted molar refractivity (Wildman–Crippen MR) is 88.6 cm³/mol. The van der Waals surface area contributed by atoms with Crippen molar-refractivity contribution in [3.63, 3.8) is 0 Å². The SMILES string of the molecule is CC(C)n1ncc(Br)c1C(NN)c1cccc(I)c1. The second-order valence-electron chi connectivity index (χ2n) is 4.57. The van der Waals surface area contributed by atoms with Crippen molar-refractivity contribution >= 4 is 38.5 Å². The quantitative estimate of drug-likeness (QED) is 0.440. The molecule has 1 aromatic carbocycles. The highest BCUT2D eigenvalue weighted by Crippen LogP contribution is 2.30. The van der Waals surface area contributed by atoms with Crippen LogP contribution in [0.25, 0.3) is 0 Å². The van der Waals surface area contributed by atoms with Gasteiger partial charge < -0.3 is 0 Å². The van der Waals surface area contributed by atoms with Crippen molar-refractivity contribution in [3.05, 3.63) is 49.8 Å². The molecule has 19 heavy (non-hydrogen) atoms. The van der Waals surface area contributed by atoms with Gasteiger partial charge in [0.15, 0.2) is 0 Å². The fourth-order valence-corrected chi connectivity index (χ4v) is 3.12. The number of benzene rings is 1. The third-order valence-corrected chi connectivity index (χ3v) is 4.18. The summed E-state index contributed by atoms with van der Waals surface area (Å²) in [6, 6.07) is 8.47. The Morgan fingerprint density at radius 1 is 1.42 bits per heavy atom. The molecule has 0 amide bonds. The Balaban J connectivity index is 2.51. The van der Waals surface area contributed by atoms with Gasteiger partial charge in [0.1, 0.15) is 0 Å². The van der Waals surface area contributed by atoms with Crippen LogP contribution in [0.1, 0.15) is 37.2 Å². The van der Waals surface area contributed by atoms with Crippen LogP contribution in [0, 0.1) is 3.57 Å². The molecule has 0 aliphatic carbocycles. The van der Waals surface area contributed by atoms with Crippen LogP contribution in [0.4, 0.5) is 0 Å². The van der Waals surface area contributed by atoms with Crippen LogP contribution in [-0.4, -0.2) is 9.78 Å². The molecular weight excluding hydrogens is 419 g/mol. The number of aromatic nitrogens is 2. The van der Waals surface area contributed by atoms with Gasteiger partial charge >= 0.3 is 0 Å². The summed E-state index contributed by atoms with van der Waals surface area (Å²) in [6.07, 6.45) is 1.81. The van der Waals surface area contributed by atoms with E-state index in [0.29, 0.717) is 0 Å². The predicted octanol–water partition coefficient (Wildman–Crippen LogP) is 3.38. The van der Waals surface area contributed by atoms with E-state index in [0.717, 1.165) is 15.7 Å². The minimum atomic E-state index is -0.0889. The molecule has 0 aliphatic rings. The molecule has 102 valence electrons. The number of hydrazine groups is 1. The van der Waals surface area contributed by atoms with E-state index in [1.165, 1.54) is 3.57 Å². The molecule has 1 unspecified atom stereocenters. The van der Waals surface area contributed by atoms with Crippen molar-refractivity contribution in [3.8, 4) is 0 Å². The lowest BCUT2D eigenvalue weighted by molar-refractivity contribution is 0.475. The maximum absolute atomic E-state index is 5.77. The van der Waals surface area contributed by atoms with E-state index in [1.807, 2.05) is 16.9 Å². The zero-order valence-electron chi connectivity index (χ0n) is 10.8. The van der Waals surface area contributed by atoms with E-state index < -0.39 is 0 Å². The van der Waals surface area contributed by atoms with Crippen molar-refractivity contribution in [2.75, 3.05) is 0 Å². The summed E-state index contributed by atoms with van der Waals surface area (Å²) in [6.45, 7) is 4.20. The Bertz CT molecular complexity index is 568. The average Bonchev–Trinajstić information content (AvgIpc) is 2.73. The van der Waals surface area contributed by atoms with Crippen LogP contribution in [0.2, 0.25) is 0 Å². The molecule has 1 aromatic heterocycles. The number of hydrogen-bond acceptors (Lipinski definition) is 3. The van der Waals surface area contributed by atoms with E-state index in [1.54, 1.807) is 0 Å². The van der Waals surface area contributed by atoms with Gasteiger partial charge in [-0.15, -0.1) is 0 Å². The Hall–Kier alpha value is -0.440. The zero-order chi connectivity index (χ0) is 14.0. The number of nitrogens with zero attached hydrogens (tertiary/aromatic N) is 2. The molecule has 0 saturated carbocycles. The van der Waals surface area contributed by atoms with E-state index in [2.05, 4.69) is 81.1 Å². The zero-order valence-corrected chi connectivity index (χ0v) is 14.5. The number of halogens is 2. The molecule has 4 nitrogen and oxygen atoms in total. The first-order valence-corrected chi connectivity index (χ1v) is 7.86. The lowest BCUT2D eigenvalue weighted by Gasteiger charge is -2.21. The molecule has 0 saturated heterocycles. The van der Waals surface area contributed by atoms with Gasteiger partial charge in [0.25, 0.3) is 0 Å². The molecule has 6 heteroatoms. The molecule has 0 spiro atoms. The molecule has 2 aromatic rings. The van der Waals surface area contributed by atoms with Gasteiger partial charge in [-0.3, -0.25) is 10.5 Å². The summed E-state index contributed by atoms with van der Waals surface area (Å²) < 4.78 is 4.12. The standard InChI is InChI=1S/C13H16BrIN4/c1-8(2)19-13(11(14)7-17-19)12(18-16)9-4-3-5-10(15)6-9/h3-8,12,18H,16H2,1-2H3. The average molecular weight is 435 g/mol. The van der Waals surface area contributed by atoms with Gasteiger partial charge in [0.2, 0.25) is 0 Å². The molecule has 1 atom stereocenters. The van der Waals surface area contributed by atoms with E-state index in [-0.39, 0.29) is 12.1 Å². The second-order valence-corrected chi connectivity index (χ2v) is 6.67. The molecular formula is C13H16BrIN4. The number of hydrogen-bond donors (Lipinski definition) is 2. The van der Waals surface area contributed by atoms with E-state index >= 15 is 0 Å². The third kappa shape index (κ3) is 3.18. The Labute approximate surface area is 135 Å². The number of rotatable bonds is 4. The first-order valence-electron chi connectivity index (χ1n) is 5.99. The fourth-order valence-electron chi connectivity index (χ4n) is 2.05. The summed E-state index contributed by atoms with van der Waals surface area (Å²) in [7, 11) is 0. The minimum absolute atomic E-state index is 0.0889. The van der Waals surface area contributed by atoms with Crippen molar-refractivity contribution in [2.45, 2.75) is 25.9 Å². The van der Waals surface area contributed by atoms with Crippen LogP contribution < -0.4 is 11.3 Å². The first-order chi connectivity index (χ1) is 9.04. The van der Waals surface area contributed by atoms with E-state index in [4.69, 9.17) is 5.84 Å². The highest BCUT2D eigenvalue weighted by molar-refractivity contribution is 14.1. The number of nitrogens with two attached hydrogens (primary N) is 1. The lowest BCUT2D eigenvalue weighted by Crippen LogP contribution is -2.31. The van der Waals surface area contributed by atoms with Gasteiger partial charge in [0.05, 0.1) is 22.4 Å². The topological polar surface area (TPSA) is 55.9 Å². The van der Waals surface area contributed by atoms with Gasteiger partial charge in [-0.25, -0.2) is 5.43 Å². The Morgan fingerprint density at radius 3 is 2.74 bits per heavy atom. The molecule has 2 rings (SSSR count). The van der Waals surface area contributed by atoms with Crippen LogP contribution >= 0.6 is 38.5 Å². The molecule has 3 N–H and O–H groups in total. The van der Waals surface area contributed by atoms with Gasteiger partial charge in [-0.2, -0.15) is 5.10 Å². The largest absolute Gasteiger partial charge is 0.271 e. The Kier molecular flexibility index (Phi) is 4.99. The van der Waals surface area contributed by atoms with Crippen LogP contribution in [0.15, 0.2) is 34.9 Å². The van der Waals surface area contributed by atoms with Crippen LogP contribution in [0.5, 0.6) is 0 Å². The van der Waals surface area contributed by atoms with Crippen LogP contribution in [-0.2, 0) is 0 Å². The minimum Gasteiger partial charge on any atom is -0.271 e. The monoisotopic (exact) mass is 434 g/mol. The van der Waals surface area contributed by atoms with Gasteiger partial charge in [-0.05, 0) is 70.1 Å². The highest BCUT2D eigenvalue weighted by atomic mass is 127. The third-order valence-electron chi connectivity index (χ3n) is 2.90. The summed E-state index contributed by atoms with van der Waals surface area (Å²) in [5.74, 6) is 5.77. The normalized spacial score (nSPS) is 12.9. The second kappa shape index (κ2) is 6.34. The van der Waals surface area contributed by atoms with Gasteiger partial charge in [0, 0.05) is 9.61 Å². The van der Waals surface area contributed by atoms with Crippen molar-refractivity contribution < 1.29 is 0 Å². The van der Waals surface area contributed by atoms with Gasteiger partial charge in [-0.1, -0.05) is 12.1 Å². The molecule has 1 heterocycles. The molecule has 0 radical (unpaired) electrons. The number of nitrogens with one attached hydrogen (secondary N) is 1. The highest BCUT2D eigenvalue weighted by Gasteiger charge is 2.22. The molecule has 0 aliphatic heterocycles. The summed E-state index contributed by atoms with van der Waals surface area (Å²) in [5, 5.41) is 4.40. The Morgan fingerprint density at radius 2 is 2.16 bits per heavy atom. The maximum Gasteiger partial charge on any atom is 0.0890 e. The summed E-state index contributed by atoms with van der Waals surface area (Å²) in [5.41, 5.74) is 5.05. The van der Waals surface area contributed by atoms with Crippen molar-refractivity contribution in [1.82, 2.24) is 15.2 Å².